The second-order valence-corrected chi connectivity index (χ2v) is 4.91. The number of anilines is 3. The standard InChI is InChI=1S/C16H20N4O/c1-4-8-17-15-9-11(2)18-16(20-15)19-14-7-5-6-13(10-14)12(3)21/h5-7,9-10H,4,8H2,1-3H3,(H2,17,18,19,20). The molecule has 0 aliphatic rings. The van der Waals surface area contributed by atoms with Gasteiger partial charge in [0.05, 0.1) is 0 Å². The summed E-state index contributed by atoms with van der Waals surface area (Å²) in [5.41, 5.74) is 2.35. The van der Waals surface area contributed by atoms with Crippen LogP contribution in [0.25, 0.3) is 0 Å². The minimum Gasteiger partial charge on any atom is -0.370 e. The largest absolute Gasteiger partial charge is 0.370 e. The second kappa shape index (κ2) is 6.83. The average Bonchev–Trinajstić information content (AvgIpc) is 2.45. The number of hydrogen-bond donors (Lipinski definition) is 2. The number of rotatable bonds is 6. The summed E-state index contributed by atoms with van der Waals surface area (Å²) in [6.07, 6.45) is 1.03. The first-order chi connectivity index (χ1) is 10.1. The summed E-state index contributed by atoms with van der Waals surface area (Å²) in [6.45, 7) is 6.45. The van der Waals surface area contributed by atoms with E-state index in [9.17, 15) is 4.79 Å². The monoisotopic (exact) mass is 284 g/mol. The number of carbonyl (C=O) groups is 1. The Hall–Kier alpha value is -2.43. The van der Waals surface area contributed by atoms with Crippen LogP contribution in [0.5, 0.6) is 0 Å². The third kappa shape index (κ3) is 4.27. The lowest BCUT2D eigenvalue weighted by Gasteiger charge is -2.10. The summed E-state index contributed by atoms with van der Waals surface area (Å²) in [7, 11) is 0. The maximum Gasteiger partial charge on any atom is 0.229 e. The average molecular weight is 284 g/mol. The summed E-state index contributed by atoms with van der Waals surface area (Å²) in [5.74, 6) is 1.36. The molecule has 5 heteroatoms. The number of ketones is 1. The Balaban J connectivity index is 2.20. The highest BCUT2D eigenvalue weighted by Crippen LogP contribution is 2.17. The van der Waals surface area contributed by atoms with Gasteiger partial charge >= 0.3 is 0 Å². The van der Waals surface area contributed by atoms with E-state index in [4.69, 9.17) is 0 Å². The maximum absolute atomic E-state index is 11.4. The summed E-state index contributed by atoms with van der Waals surface area (Å²) in [5, 5.41) is 6.39. The Labute approximate surface area is 124 Å². The number of benzene rings is 1. The highest BCUT2D eigenvalue weighted by Gasteiger charge is 2.04. The van der Waals surface area contributed by atoms with Crippen LogP contribution in [0.3, 0.4) is 0 Å². The van der Waals surface area contributed by atoms with E-state index >= 15 is 0 Å². The minimum absolute atomic E-state index is 0.0362. The number of hydrogen-bond acceptors (Lipinski definition) is 5. The van der Waals surface area contributed by atoms with Gasteiger partial charge in [-0.2, -0.15) is 4.98 Å². The first-order valence-corrected chi connectivity index (χ1v) is 7.06. The van der Waals surface area contributed by atoms with Crippen LogP contribution in [0, 0.1) is 6.92 Å². The Morgan fingerprint density at radius 1 is 1.24 bits per heavy atom. The maximum atomic E-state index is 11.4. The molecule has 5 nitrogen and oxygen atoms in total. The van der Waals surface area contributed by atoms with Gasteiger partial charge in [-0.15, -0.1) is 0 Å². The van der Waals surface area contributed by atoms with E-state index < -0.39 is 0 Å². The van der Waals surface area contributed by atoms with Gasteiger partial charge in [0.2, 0.25) is 5.95 Å². The van der Waals surface area contributed by atoms with Crippen LogP contribution in [-0.4, -0.2) is 22.3 Å². The number of Topliss-reactive ketones (excluding diaryl/α,β-unsaturated/α-hetero) is 1. The van der Waals surface area contributed by atoms with Crippen molar-refractivity contribution in [2.45, 2.75) is 27.2 Å². The lowest BCUT2D eigenvalue weighted by Crippen LogP contribution is -2.06. The van der Waals surface area contributed by atoms with Crippen molar-refractivity contribution in [3.63, 3.8) is 0 Å². The summed E-state index contributed by atoms with van der Waals surface area (Å²) >= 11 is 0. The molecule has 0 unspecified atom stereocenters. The van der Waals surface area contributed by atoms with E-state index in [2.05, 4.69) is 27.5 Å². The van der Waals surface area contributed by atoms with Crippen molar-refractivity contribution < 1.29 is 4.79 Å². The molecule has 0 bridgehead atoms. The van der Waals surface area contributed by atoms with Crippen LogP contribution < -0.4 is 10.6 Å². The minimum atomic E-state index is 0.0362. The Morgan fingerprint density at radius 3 is 2.76 bits per heavy atom. The molecule has 2 aromatic rings. The predicted octanol–water partition coefficient (Wildman–Crippen LogP) is 3.55. The molecule has 0 radical (unpaired) electrons. The van der Waals surface area contributed by atoms with Crippen molar-refractivity contribution in [1.29, 1.82) is 0 Å². The Kier molecular flexibility index (Phi) is 4.87. The van der Waals surface area contributed by atoms with Gasteiger partial charge in [0.1, 0.15) is 5.82 Å². The SMILES string of the molecule is CCCNc1cc(C)nc(Nc2cccc(C(C)=O)c2)n1. The molecule has 2 rings (SSSR count). The molecule has 2 N–H and O–H groups in total. The van der Waals surface area contributed by atoms with Gasteiger partial charge in [0, 0.05) is 29.6 Å². The van der Waals surface area contributed by atoms with E-state index in [-0.39, 0.29) is 5.78 Å². The Bertz CT molecular complexity index is 640. The van der Waals surface area contributed by atoms with Gasteiger partial charge < -0.3 is 10.6 Å². The van der Waals surface area contributed by atoms with Crippen molar-refractivity contribution in [3.8, 4) is 0 Å². The van der Waals surface area contributed by atoms with Crippen molar-refractivity contribution in [3.05, 3.63) is 41.6 Å². The van der Waals surface area contributed by atoms with Gasteiger partial charge in [-0.1, -0.05) is 19.1 Å². The van der Waals surface area contributed by atoms with E-state index in [1.807, 2.05) is 25.1 Å². The molecule has 1 heterocycles. The van der Waals surface area contributed by atoms with Crippen LogP contribution in [0.15, 0.2) is 30.3 Å². The zero-order valence-corrected chi connectivity index (χ0v) is 12.6. The van der Waals surface area contributed by atoms with E-state index in [1.54, 1.807) is 19.1 Å². The first-order valence-electron chi connectivity index (χ1n) is 7.06. The van der Waals surface area contributed by atoms with Gasteiger partial charge in [0.25, 0.3) is 0 Å². The van der Waals surface area contributed by atoms with Crippen LogP contribution in [-0.2, 0) is 0 Å². The van der Waals surface area contributed by atoms with Crippen LogP contribution >= 0.6 is 0 Å². The molecular weight excluding hydrogens is 264 g/mol. The Morgan fingerprint density at radius 2 is 2.05 bits per heavy atom. The lowest BCUT2D eigenvalue weighted by molar-refractivity contribution is 0.101. The van der Waals surface area contributed by atoms with Crippen molar-refractivity contribution >= 4 is 23.2 Å². The van der Waals surface area contributed by atoms with Gasteiger partial charge in [-0.05, 0) is 32.4 Å². The molecule has 1 aromatic heterocycles. The van der Waals surface area contributed by atoms with Crippen molar-refractivity contribution in [2.24, 2.45) is 0 Å². The normalized spacial score (nSPS) is 10.2. The van der Waals surface area contributed by atoms with Crippen LogP contribution in [0.4, 0.5) is 17.5 Å². The third-order valence-electron chi connectivity index (χ3n) is 2.94. The summed E-state index contributed by atoms with van der Waals surface area (Å²) < 4.78 is 0. The zero-order valence-electron chi connectivity index (χ0n) is 12.6. The van der Waals surface area contributed by atoms with Crippen molar-refractivity contribution in [2.75, 3.05) is 17.2 Å². The molecule has 0 saturated heterocycles. The van der Waals surface area contributed by atoms with E-state index in [1.165, 1.54) is 0 Å². The second-order valence-electron chi connectivity index (χ2n) is 4.91. The predicted molar refractivity (Wildman–Crippen MR) is 85.3 cm³/mol. The fourth-order valence-electron chi connectivity index (χ4n) is 1.91. The van der Waals surface area contributed by atoms with Gasteiger partial charge in [0.15, 0.2) is 5.78 Å². The number of aryl methyl sites for hydroxylation is 1. The molecule has 1 aromatic carbocycles. The van der Waals surface area contributed by atoms with Gasteiger partial charge in [-0.25, -0.2) is 4.98 Å². The van der Waals surface area contributed by atoms with Gasteiger partial charge in [-0.3, -0.25) is 4.79 Å². The van der Waals surface area contributed by atoms with E-state index in [0.717, 1.165) is 30.2 Å². The summed E-state index contributed by atoms with van der Waals surface area (Å²) in [4.78, 5) is 20.2. The molecule has 0 saturated carbocycles. The highest BCUT2D eigenvalue weighted by molar-refractivity contribution is 5.95. The number of aromatic nitrogens is 2. The number of nitrogens with zero attached hydrogens (tertiary/aromatic N) is 2. The smallest absolute Gasteiger partial charge is 0.229 e. The van der Waals surface area contributed by atoms with E-state index in [0.29, 0.717) is 11.5 Å². The third-order valence-corrected chi connectivity index (χ3v) is 2.94. The quantitative estimate of drug-likeness (QED) is 0.794. The fraction of sp³-hybridized carbons (Fsp3) is 0.312. The lowest BCUT2D eigenvalue weighted by atomic mass is 10.1. The molecule has 0 fully saturated rings. The molecule has 0 spiro atoms. The molecule has 0 amide bonds. The number of nitrogens with one attached hydrogen (secondary N) is 2. The number of carbonyl (C=O) groups excluding carboxylic acids is 1. The molecule has 110 valence electrons. The van der Waals surface area contributed by atoms with Crippen molar-refractivity contribution in [1.82, 2.24) is 9.97 Å². The van der Waals surface area contributed by atoms with Crippen LogP contribution in [0.1, 0.15) is 36.3 Å². The molecular formula is C16H20N4O. The fourth-order valence-corrected chi connectivity index (χ4v) is 1.91. The van der Waals surface area contributed by atoms with Crippen LogP contribution in [0.2, 0.25) is 0 Å². The topological polar surface area (TPSA) is 66.9 Å². The molecule has 0 aliphatic carbocycles. The zero-order chi connectivity index (χ0) is 15.2. The molecule has 21 heavy (non-hydrogen) atoms. The summed E-state index contributed by atoms with van der Waals surface area (Å²) in [6, 6.07) is 9.22. The highest BCUT2D eigenvalue weighted by atomic mass is 16.1. The first kappa shape index (κ1) is 15.0. The molecule has 0 aliphatic heterocycles. The molecule has 0 atom stereocenters.